The molecule has 1 aliphatic carbocycles. The van der Waals surface area contributed by atoms with Gasteiger partial charge in [-0.1, -0.05) is 11.3 Å². The molecule has 0 aromatic carbocycles. The van der Waals surface area contributed by atoms with Gasteiger partial charge in [-0.3, -0.25) is 0 Å². The molecule has 0 saturated heterocycles. The van der Waals surface area contributed by atoms with E-state index in [4.69, 9.17) is 5.73 Å². The zero-order valence-electron chi connectivity index (χ0n) is 7.29. The lowest BCUT2D eigenvalue weighted by atomic mass is 9.77. The molecule has 4 N–H and O–H groups in total. The summed E-state index contributed by atoms with van der Waals surface area (Å²) in [6, 6.07) is 0. The van der Waals surface area contributed by atoms with E-state index in [1.165, 1.54) is 17.8 Å². The Morgan fingerprint density at radius 2 is 2.46 bits per heavy atom. The van der Waals surface area contributed by atoms with E-state index in [0.717, 1.165) is 18.0 Å². The molecule has 0 spiro atoms. The molecule has 0 atom stereocenters. The molecular weight excluding hydrogens is 186 g/mol. The molecular formula is C8H13N3OS. The third kappa shape index (κ3) is 1.62. The van der Waals surface area contributed by atoms with Crippen LogP contribution < -0.4 is 11.1 Å². The minimum absolute atomic E-state index is 0.121. The molecule has 0 aliphatic heterocycles. The molecule has 13 heavy (non-hydrogen) atoms. The monoisotopic (exact) mass is 199 g/mol. The number of anilines is 2. The van der Waals surface area contributed by atoms with E-state index in [1.807, 2.05) is 0 Å². The van der Waals surface area contributed by atoms with Crippen LogP contribution in [0, 0.1) is 0 Å². The van der Waals surface area contributed by atoms with Crippen LogP contribution in [0.25, 0.3) is 0 Å². The summed E-state index contributed by atoms with van der Waals surface area (Å²) in [6.07, 6.45) is 4.84. The largest absolute Gasteiger partial charge is 0.394 e. The minimum atomic E-state index is -0.121. The predicted octanol–water partition coefficient (Wildman–Crippen LogP) is 1.05. The fourth-order valence-electron chi connectivity index (χ4n) is 1.50. The highest BCUT2D eigenvalue weighted by atomic mass is 32.1. The average molecular weight is 199 g/mol. The van der Waals surface area contributed by atoms with E-state index in [1.54, 1.807) is 6.20 Å². The van der Waals surface area contributed by atoms with E-state index < -0.39 is 0 Å². The molecule has 0 radical (unpaired) electrons. The number of thiazole rings is 1. The van der Waals surface area contributed by atoms with Gasteiger partial charge in [-0.25, -0.2) is 4.98 Å². The molecule has 72 valence electrons. The van der Waals surface area contributed by atoms with Crippen LogP contribution in [0.5, 0.6) is 0 Å². The molecule has 1 aliphatic rings. The first-order chi connectivity index (χ1) is 6.24. The highest BCUT2D eigenvalue weighted by molar-refractivity contribution is 7.19. The molecule has 0 unspecified atom stereocenters. The molecule has 1 fully saturated rings. The van der Waals surface area contributed by atoms with Crippen LogP contribution in [0.3, 0.4) is 0 Å². The Bertz CT molecular complexity index is 290. The number of hydrogen-bond acceptors (Lipinski definition) is 5. The van der Waals surface area contributed by atoms with Crippen LogP contribution in [0.15, 0.2) is 6.20 Å². The maximum atomic E-state index is 9.19. The van der Waals surface area contributed by atoms with Gasteiger partial charge >= 0.3 is 0 Å². The van der Waals surface area contributed by atoms with Crippen molar-refractivity contribution in [2.45, 2.75) is 24.8 Å². The van der Waals surface area contributed by atoms with Crippen molar-refractivity contribution in [2.75, 3.05) is 17.7 Å². The van der Waals surface area contributed by atoms with Gasteiger partial charge < -0.3 is 16.2 Å². The van der Waals surface area contributed by atoms with Crippen molar-refractivity contribution >= 4 is 21.5 Å². The van der Waals surface area contributed by atoms with Crippen LogP contribution in [0.1, 0.15) is 19.3 Å². The van der Waals surface area contributed by atoms with Gasteiger partial charge in [-0.05, 0) is 19.3 Å². The number of nitrogens with one attached hydrogen (secondary N) is 1. The van der Waals surface area contributed by atoms with Crippen LogP contribution in [0.2, 0.25) is 0 Å². The second-order valence-electron chi connectivity index (χ2n) is 3.48. The lowest BCUT2D eigenvalue weighted by molar-refractivity contribution is 0.144. The van der Waals surface area contributed by atoms with Gasteiger partial charge in [0.1, 0.15) is 5.00 Å². The van der Waals surface area contributed by atoms with Gasteiger partial charge in [0.25, 0.3) is 0 Å². The van der Waals surface area contributed by atoms with E-state index in [0.29, 0.717) is 5.00 Å². The van der Waals surface area contributed by atoms with Crippen molar-refractivity contribution < 1.29 is 5.11 Å². The maximum Gasteiger partial charge on any atom is 0.185 e. The van der Waals surface area contributed by atoms with E-state index in [2.05, 4.69) is 10.3 Å². The Balaban J connectivity index is 2.04. The van der Waals surface area contributed by atoms with Crippen LogP contribution >= 0.6 is 11.3 Å². The fourth-order valence-corrected chi connectivity index (χ4v) is 2.20. The lowest BCUT2D eigenvalue weighted by Gasteiger charge is -2.40. The van der Waals surface area contributed by atoms with Crippen molar-refractivity contribution in [1.29, 1.82) is 0 Å². The van der Waals surface area contributed by atoms with Gasteiger partial charge in [0.15, 0.2) is 5.13 Å². The van der Waals surface area contributed by atoms with Crippen molar-refractivity contribution in [1.82, 2.24) is 4.98 Å². The molecule has 0 bridgehead atoms. The third-order valence-corrected chi connectivity index (χ3v) is 3.25. The van der Waals surface area contributed by atoms with Gasteiger partial charge in [-0.2, -0.15) is 0 Å². The third-order valence-electron chi connectivity index (χ3n) is 2.51. The first-order valence-corrected chi connectivity index (χ1v) is 5.16. The Hall–Kier alpha value is -0.810. The zero-order valence-corrected chi connectivity index (χ0v) is 8.10. The molecule has 2 rings (SSSR count). The summed E-state index contributed by atoms with van der Waals surface area (Å²) in [5.74, 6) is 0. The van der Waals surface area contributed by atoms with E-state index in [-0.39, 0.29) is 12.1 Å². The molecule has 1 aromatic heterocycles. The fraction of sp³-hybridized carbons (Fsp3) is 0.625. The van der Waals surface area contributed by atoms with Gasteiger partial charge in [0, 0.05) is 0 Å². The first-order valence-electron chi connectivity index (χ1n) is 4.34. The Labute approximate surface area is 80.8 Å². The van der Waals surface area contributed by atoms with E-state index in [9.17, 15) is 5.11 Å². The van der Waals surface area contributed by atoms with Crippen LogP contribution in [-0.4, -0.2) is 22.2 Å². The summed E-state index contributed by atoms with van der Waals surface area (Å²) in [5, 5.41) is 13.9. The van der Waals surface area contributed by atoms with Crippen LogP contribution in [-0.2, 0) is 0 Å². The number of aliphatic hydroxyl groups is 1. The first kappa shape index (κ1) is 8.77. The number of nitrogen functional groups attached to an aromatic ring is 1. The quantitative estimate of drug-likeness (QED) is 0.680. The summed E-state index contributed by atoms with van der Waals surface area (Å²) in [4.78, 5) is 4.10. The Kier molecular flexibility index (Phi) is 2.13. The summed E-state index contributed by atoms with van der Waals surface area (Å²) in [5.41, 5.74) is 5.43. The predicted molar refractivity (Wildman–Crippen MR) is 53.8 cm³/mol. The van der Waals surface area contributed by atoms with Crippen molar-refractivity contribution in [3.63, 3.8) is 0 Å². The number of aromatic nitrogens is 1. The maximum absolute atomic E-state index is 9.19. The second-order valence-corrected chi connectivity index (χ2v) is 4.55. The summed E-state index contributed by atoms with van der Waals surface area (Å²) < 4.78 is 0. The van der Waals surface area contributed by atoms with Crippen molar-refractivity contribution in [3.8, 4) is 0 Å². The van der Waals surface area contributed by atoms with Gasteiger partial charge in [0.2, 0.25) is 0 Å². The van der Waals surface area contributed by atoms with Gasteiger partial charge in [-0.15, -0.1) is 0 Å². The topological polar surface area (TPSA) is 71.2 Å². The van der Waals surface area contributed by atoms with Crippen molar-refractivity contribution in [2.24, 2.45) is 0 Å². The molecule has 4 nitrogen and oxygen atoms in total. The number of nitrogens with zero attached hydrogens (tertiary/aromatic N) is 1. The smallest absolute Gasteiger partial charge is 0.185 e. The van der Waals surface area contributed by atoms with Gasteiger partial charge in [0.05, 0.1) is 18.3 Å². The molecule has 1 heterocycles. The number of nitrogens with two attached hydrogens (primary N) is 1. The Morgan fingerprint density at radius 3 is 2.85 bits per heavy atom. The standard InChI is InChI=1S/C8H13N3OS/c9-6-4-10-7(13-6)11-8(5-12)2-1-3-8/h4,12H,1-3,5,9H2,(H,10,11). The summed E-state index contributed by atoms with van der Waals surface area (Å²) in [6.45, 7) is 0.173. The Morgan fingerprint density at radius 1 is 1.69 bits per heavy atom. The summed E-state index contributed by atoms with van der Waals surface area (Å²) in [7, 11) is 0. The number of hydrogen-bond donors (Lipinski definition) is 3. The zero-order chi connectivity index (χ0) is 9.31. The highest BCUT2D eigenvalue weighted by Gasteiger charge is 2.36. The summed E-state index contributed by atoms with van der Waals surface area (Å²) >= 11 is 1.42. The van der Waals surface area contributed by atoms with Crippen LogP contribution in [0.4, 0.5) is 10.1 Å². The van der Waals surface area contributed by atoms with E-state index >= 15 is 0 Å². The number of aliphatic hydroxyl groups excluding tert-OH is 1. The molecule has 0 amide bonds. The second kappa shape index (κ2) is 3.16. The molecule has 1 aromatic rings. The van der Waals surface area contributed by atoms with Crippen molar-refractivity contribution in [3.05, 3.63) is 6.20 Å². The average Bonchev–Trinajstić information content (AvgIpc) is 2.44. The minimum Gasteiger partial charge on any atom is -0.394 e. The molecule has 5 heteroatoms. The lowest BCUT2D eigenvalue weighted by Crippen LogP contribution is -2.48. The SMILES string of the molecule is Nc1cnc(NC2(CO)CCC2)s1. The molecule has 1 saturated carbocycles. The highest BCUT2D eigenvalue weighted by Crippen LogP contribution is 2.36. The number of rotatable bonds is 3. The normalized spacial score (nSPS) is 19.5.